The van der Waals surface area contributed by atoms with Gasteiger partial charge in [-0.25, -0.2) is 9.59 Å². The Morgan fingerprint density at radius 2 is 1.49 bits per heavy atom. The van der Waals surface area contributed by atoms with Crippen LogP contribution in [0.4, 0.5) is 0 Å². The monoisotopic (exact) mass is 832 g/mol. The summed E-state index contributed by atoms with van der Waals surface area (Å²) in [4.78, 5) is 26.4. The Bertz CT molecular complexity index is 2000. The van der Waals surface area contributed by atoms with Gasteiger partial charge in [0, 0.05) is 43.8 Å². The number of aliphatic hydroxyl groups excluding tert-OH is 1. The van der Waals surface area contributed by atoms with Crippen molar-refractivity contribution in [3.63, 3.8) is 0 Å². The maximum Gasteiger partial charge on any atom is 0.338 e. The summed E-state index contributed by atoms with van der Waals surface area (Å²) in [7, 11) is 0. The molecule has 9 nitrogen and oxygen atoms in total. The van der Waals surface area contributed by atoms with Crippen LogP contribution in [0.15, 0.2) is 126 Å². The number of rotatable bonds is 12. The lowest BCUT2D eigenvalue weighted by atomic mass is 9.66. The number of hydrogen-bond acceptors (Lipinski definition) is 9. The molecule has 1 saturated carbocycles. The van der Waals surface area contributed by atoms with Crippen LogP contribution in [0, 0.1) is 23.7 Å². The van der Waals surface area contributed by atoms with E-state index in [0.29, 0.717) is 55.8 Å². The van der Waals surface area contributed by atoms with Gasteiger partial charge in [-0.05, 0) is 87.1 Å². The van der Waals surface area contributed by atoms with Crippen LogP contribution in [0.3, 0.4) is 0 Å². The summed E-state index contributed by atoms with van der Waals surface area (Å²) in [6.45, 7) is 11.0. The first-order chi connectivity index (χ1) is 29.5. The van der Waals surface area contributed by atoms with Crippen molar-refractivity contribution in [3.8, 4) is 0 Å². The summed E-state index contributed by atoms with van der Waals surface area (Å²) in [6, 6.07) is 28.1. The van der Waals surface area contributed by atoms with E-state index in [1.54, 1.807) is 24.3 Å². The van der Waals surface area contributed by atoms with Crippen molar-refractivity contribution in [2.24, 2.45) is 23.7 Å². The lowest BCUT2D eigenvalue weighted by Gasteiger charge is -2.52. The average molecular weight is 833 g/mol. The molecule has 1 N–H and O–H groups in total. The Labute approximate surface area is 362 Å². The lowest BCUT2D eigenvalue weighted by Crippen LogP contribution is -2.56. The average Bonchev–Trinajstić information content (AvgIpc) is 3.27. The van der Waals surface area contributed by atoms with Crippen molar-refractivity contribution in [2.75, 3.05) is 13.2 Å². The molecule has 3 aliphatic heterocycles. The molecule has 0 aromatic heterocycles. The molecule has 11 atom stereocenters. The van der Waals surface area contributed by atoms with Gasteiger partial charge in [-0.15, -0.1) is 0 Å². The molecule has 3 aromatic carbocycles. The number of carbonyl (C=O) groups is 2. The second-order valence-electron chi connectivity index (χ2n) is 18.0. The van der Waals surface area contributed by atoms with Crippen LogP contribution in [-0.2, 0) is 28.4 Å². The van der Waals surface area contributed by atoms with Crippen LogP contribution in [0.25, 0.3) is 0 Å². The first kappa shape index (κ1) is 44.7. The van der Waals surface area contributed by atoms with Crippen molar-refractivity contribution >= 4 is 11.9 Å². The Balaban J connectivity index is 1.04. The van der Waals surface area contributed by atoms with Gasteiger partial charge in [0.2, 0.25) is 0 Å². The number of benzene rings is 3. The minimum atomic E-state index is -0.909. The van der Waals surface area contributed by atoms with Gasteiger partial charge in [0.25, 0.3) is 0 Å². The molecule has 4 fully saturated rings. The number of hydrogen-bond donors (Lipinski definition) is 1. The molecule has 0 radical (unpaired) electrons. The molecule has 3 aromatic rings. The highest BCUT2D eigenvalue weighted by molar-refractivity contribution is 5.90. The Morgan fingerprint density at radius 3 is 2.15 bits per heavy atom. The SMILES string of the molecule is C/C(=C\C[C@@H]1C[C@H](OC(=O)c2ccccc2)C[C@]2(CC[C@H](C)[C@@H](C)O2)O1)C[C@@H](C)/C=C/C=C1\CO[C@@H](c2ccccc2)O[C@]12C[C@H](OC(=O)c1ccccc1)[C@@H](C)C[C@H]2CO. The fraction of sp³-hybridized carbons (Fsp3) is 0.500. The Morgan fingerprint density at radius 1 is 0.836 bits per heavy atom. The summed E-state index contributed by atoms with van der Waals surface area (Å²) in [5.41, 5.74) is 3.20. The third-order valence-electron chi connectivity index (χ3n) is 13.3. The first-order valence-electron chi connectivity index (χ1n) is 22.3. The summed E-state index contributed by atoms with van der Waals surface area (Å²) >= 11 is 0. The summed E-state index contributed by atoms with van der Waals surface area (Å²) in [5.74, 6) is -0.991. The Kier molecular flexibility index (Phi) is 14.8. The normalized spacial score (nSPS) is 33.1. The van der Waals surface area contributed by atoms with Crippen molar-refractivity contribution in [2.45, 2.75) is 128 Å². The molecule has 0 unspecified atom stereocenters. The molecule has 2 spiro atoms. The molecule has 326 valence electrons. The highest BCUT2D eigenvalue weighted by Crippen LogP contribution is 2.50. The van der Waals surface area contributed by atoms with Crippen LogP contribution in [0.2, 0.25) is 0 Å². The molecule has 3 saturated heterocycles. The molecule has 4 aliphatic rings. The molecular formula is C52H64O9. The van der Waals surface area contributed by atoms with Crippen LogP contribution in [-0.4, -0.2) is 66.1 Å². The van der Waals surface area contributed by atoms with Gasteiger partial charge in [0.05, 0.1) is 29.9 Å². The molecule has 9 heteroatoms. The third kappa shape index (κ3) is 11.0. The molecule has 0 bridgehead atoms. The van der Waals surface area contributed by atoms with Gasteiger partial charge in [-0.3, -0.25) is 0 Å². The summed E-state index contributed by atoms with van der Waals surface area (Å²) in [6.07, 6.45) is 12.6. The number of esters is 2. The van der Waals surface area contributed by atoms with Crippen molar-refractivity contribution < 1.29 is 43.1 Å². The van der Waals surface area contributed by atoms with E-state index in [9.17, 15) is 14.7 Å². The van der Waals surface area contributed by atoms with E-state index < -0.39 is 23.8 Å². The maximum atomic E-state index is 13.3. The number of aliphatic hydroxyl groups is 1. The topological polar surface area (TPSA) is 110 Å². The van der Waals surface area contributed by atoms with Gasteiger partial charge in [0.1, 0.15) is 17.8 Å². The van der Waals surface area contributed by atoms with E-state index in [0.717, 1.165) is 30.4 Å². The second-order valence-corrected chi connectivity index (χ2v) is 18.0. The van der Waals surface area contributed by atoms with Crippen molar-refractivity contribution in [1.29, 1.82) is 0 Å². The highest BCUT2D eigenvalue weighted by Gasteiger charge is 2.54. The van der Waals surface area contributed by atoms with Crippen molar-refractivity contribution in [3.05, 3.63) is 143 Å². The van der Waals surface area contributed by atoms with Crippen LogP contribution >= 0.6 is 0 Å². The van der Waals surface area contributed by atoms with Gasteiger partial charge >= 0.3 is 11.9 Å². The summed E-state index contributed by atoms with van der Waals surface area (Å²) < 4.78 is 39.0. The van der Waals surface area contributed by atoms with Gasteiger partial charge in [0.15, 0.2) is 12.1 Å². The van der Waals surface area contributed by atoms with Crippen LogP contribution in [0.1, 0.15) is 119 Å². The van der Waals surface area contributed by atoms with Gasteiger partial charge in [-0.2, -0.15) is 0 Å². The Hall–Kier alpha value is -4.38. The second kappa shape index (κ2) is 20.2. The molecule has 7 rings (SSSR count). The van der Waals surface area contributed by atoms with Crippen molar-refractivity contribution in [1.82, 2.24) is 0 Å². The predicted octanol–water partition coefficient (Wildman–Crippen LogP) is 10.5. The zero-order valence-electron chi connectivity index (χ0n) is 36.5. The van der Waals surface area contributed by atoms with Gasteiger partial charge < -0.3 is 33.5 Å². The fourth-order valence-electron chi connectivity index (χ4n) is 9.64. The van der Waals surface area contributed by atoms with E-state index in [2.05, 4.69) is 58.9 Å². The fourth-order valence-corrected chi connectivity index (χ4v) is 9.64. The molecule has 61 heavy (non-hydrogen) atoms. The molecule has 1 aliphatic carbocycles. The maximum absolute atomic E-state index is 13.3. The largest absolute Gasteiger partial charge is 0.458 e. The van der Waals surface area contributed by atoms with Crippen LogP contribution < -0.4 is 0 Å². The first-order valence-corrected chi connectivity index (χ1v) is 22.3. The number of allylic oxidation sites excluding steroid dienone is 4. The molecule has 0 amide bonds. The third-order valence-corrected chi connectivity index (χ3v) is 13.3. The van der Waals surface area contributed by atoms with E-state index in [1.165, 1.54) is 5.57 Å². The van der Waals surface area contributed by atoms with Crippen LogP contribution in [0.5, 0.6) is 0 Å². The standard InChI is InChI=1S/C52H64O9/c1-35(28-36(2)24-25-45-30-46(57-48(54)40-17-9-6-10-18-40)31-51(60-45)27-26-37(3)39(5)59-51)16-15-23-43-34-56-50(42-21-13-8-14-22-42)61-52(43)32-47(38(4)29-44(52)33-53)58-49(55)41-19-11-7-12-20-41/h6-24,35,37-39,44-47,50,53H,25-34H2,1-5H3/b16-15+,36-24+,43-23+/t35-,37-,38-,39+,44-,45+,46-,47-,50+,51-,52+/m0/s1. The molecular weight excluding hydrogens is 769 g/mol. The minimum absolute atomic E-state index is 0.0193. The summed E-state index contributed by atoms with van der Waals surface area (Å²) in [5, 5.41) is 10.9. The zero-order chi connectivity index (χ0) is 43.0. The minimum Gasteiger partial charge on any atom is -0.458 e. The van der Waals surface area contributed by atoms with E-state index >= 15 is 0 Å². The zero-order valence-corrected chi connectivity index (χ0v) is 36.5. The highest BCUT2D eigenvalue weighted by atomic mass is 16.7. The number of ether oxygens (including phenoxy) is 6. The molecule has 3 heterocycles. The van der Waals surface area contributed by atoms with Gasteiger partial charge in [-0.1, -0.05) is 117 Å². The van der Waals surface area contributed by atoms with E-state index in [4.69, 9.17) is 28.4 Å². The smallest absolute Gasteiger partial charge is 0.338 e. The quantitative estimate of drug-likeness (QED) is 0.141. The van der Waals surface area contributed by atoms with E-state index in [-0.39, 0.29) is 54.6 Å². The van der Waals surface area contributed by atoms with E-state index in [1.807, 2.05) is 66.7 Å². The predicted molar refractivity (Wildman–Crippen MR) is 234 cm³/mol. The number of carbonyl (C=O) groups excluding carboxylic acids is 2. The lowest BCUT2D eigenvalue weighted by molar-refractivity contribution is -0.331.